The van der Waals surface area contributed by atoms with Crippen LogP contribution in [0.1, 0.15) is 69.2 Å². The van der Waals surface area contributed by atoms with Crippen molar-refractivity contribution in [2.24, 2.45) is 0 Å². The molecule has 1 aromatic carbocycles. The van der Waals surface area contributed by atoms with E-state index in [1.165, 1.54) is 18.1 Å². The van der Waals surface area contributed by atoms with Crippen LogP contribution in [0.25, 0.3) is 0 Å². The van der Waals surface area contributed by atoms with Gasteiger partial charge in [0.15, 0.2) is 0 Å². The molecule has 0 bridgehead atoms. The summed E-state index contributed by atoms with van der Waals surface area (Å²) < 4.78 is 11.9. The van der Waals surface area contributed by atoms with Gasteiger partial charge in [-0.1, -0.05) is 11.6 Å². The van der Waals surface area contributed by atoms with Gasteiger partial charge in [-0.2, -0.15) is 0 Å². The first-order valence-electron chi connectivity index (χ1n) is 8.78. The van der Waals surface area contributed by atoms with Crippen LogP contribution >= 0.6 is 0 Å². The van der Waals surface area contributed by atoms with Crippen LogP contribution in [0.2, 0.25) is 0 Å². The Morgan fingerprint density at radius 2 is 1.83 bits per heavy atom. The molecule has 1 aliphatic rings. The standard InChI is InChI=1S/C21H30O3/c1-13(2)9-8-11-21(7)12-10-18-16(5)19(23-17(6)22)14(3)15(4)20(18)24-21/h9H,8,10-12H2,1-7H3/t21-/m1/s1. The molecule has 0 saturated heterocycles. The fraction of sp³-hybridized carbons (Fsp3) is 0.571. The van der Waals surface area contributed by atoms with Crippen molar-refractivity contribution in [2.45, 2.75) is 79.8 Å². The molecule has 1 heterocycles. The number of hydrogen-bond acceptors (Lipinski definition) is 3. The summed E-state index contributed by atoms with van der Waals surface area (Å²) in [5.74, 6) is 1.42. The predicted molar refractivity (Wildman–Crippen MR) is 98.0 cm³/mol. The van der Waals surface area contributed by atoms with Gasteiger partial charge < -0.3 is 9.47 Å². The van der Waals surface area contributed by atoms with Crippen LogP contribution in [0.4, 0.5) is 0 Å². The van der Waals surface area contributed by atoms with Gasteiger partial charge in [0, 0.05) is 12.5 Å². The van der Waals surface area contributed by atoms with E-state index in [9.17, 15) is 4.79 Å². The minimum Gasteiger partial charge on any atom is -0.487 e. The average molecular weight is 330 g/mol. The highest BCUT2D eigenvalue weighted by molar-refractivity contribution is 5.72. The van der Waals surface area contributed by atoms with E-state index in [-0.39, 0.29) is 11.6 Å². The summed E-state index contributed by atoms with van der Waals surface area (Å²) in [4.78, 5) is 11.4. The van der Waals surface area contributed by atoms with Crippen molar-refractivity contribution in [3.8, 4) is 11.5 Å². The van der Waals surface area contributed by atoms with Gasteiger partial charge in [0.2, 0.25) is 0 Å². The molecule has 0 aromatic heterocycles. The van der Waals surface area contributed by atoms with Crippen molar-refractivity contribution in [2.75, 3.05) is 0 Å². The van der Waals surface area contributed by atoms with Crippen LogP contribution in [0.3, 0.4) is 0 Å². The first-order chi connectivity index (χ1) is 11.1. The molecule has 0 saturated carbocycles. The van der Waals surface area contributed by atoms with E-state index < -0.39 is 0 Å². The van der Waals surface area contributed by atoms with Gasteiger partial charge in [-0.25, -0.2) is 0 Å². The molecule has 132 valence electrons. The number of carbonyl (C=O) groups is 1. The van der Waals surface area contributed by atoms with Gasteiger partial charge in [-0.05, 0) is 83.9 Å². The highest BCUT2D eigenvalue weighted by Gasteiger charge is 2.34. The first-order valence-corrected chi connectivity index (χ1v) is 8.78. The molecule has 3 nitrogen and oxygen atoms in total. The van der Waals surface area contributed by atoms with Gasteiger partial charge in [0.1, 0.15) is 17.1 Å². The molecule has 0 aliphatic carbocycles. The number of ether oxygens (including phenoxy) is 2. The fourth-order valence-electron chi connectivity index (χ4n) is 3.42. The lowest BCUT2D eigenvalue weighted by Gasteiger charge is -2.38. The number of rotatable bonds is 4. The second-order valence-electron chi connectivity index (χ2n) is 7.48. The largest absolute Gasteiger partial charge is 0.487 e. The Balaban J connectivity index is 2.35. The zero-order valence-corrected chi connectivity index (χ0v) is 16.1. The van der Waals surface area contributed by atoms with Crippen LogP contribution in [-0.4, -0.2) is 11.6 Å². The molecule has 0 radical (unpaired) electrons. The second kappa shape index (κ2) is 7.00. The molecule has 0 spiro atoms. The summed E-state index contributed by atoms with van der Waals surface area (Å²) in [6, 6.07) is 0. The molecule has 0 fully saturated rings. The van der Waals surface area contributed by atoms with Crippen molar-refractivity contribution < 1.29 is 14.3 Å². The Morgan fingerprint density at radius 1 is 1.17 bits per heavy atom. The number of carbonyl (C=O) groups excluding carboxylic acids is 1. The maximum atomic E-state index is 11.4. The van der Waals surface area contributed by atoms with Crippen LogP contribution in [0.15, 0.2) is 11.6 Å². The van der Waals surface area contributed by atoms with Gasteiger partial charge >= 0.3 is 5.97 Å². The molecule has 0 unspecified atom stereocenters. The van der Waals surface area contributed by atoms with Gasteiger partial charge in [-0.3, -0.25) is 4.79 Å². The number of hydrogen-bond donors (Lipinski definition) is 0. The Labute approximate surface area is 146 Å². The summed E-state index contributed by atoms with van der Waals surface area (Å²) in [5, 5.41) is 0. The monoisotopic (exact) mass is 330 g/mol. The molecule has 0 N–H and O–H groups in total. The van der Waals surface area contributed by atoms with Crippen LogP contribution < -0.4 is 9.47 Å². The summed E-state index contributed by atoms with van der Waals surface area (Å²) in [6.07, 6.45) is 6.27. The van der Waals surface area contributed by atoms with Crippen molar-refractivity contribution in [1.82, 2.24) is 0 Å². The van der Waals surface area contributed by atoms with E-state index in [1.807, 2.05) is 13.8 Å². The number of benzene rings is 1. The maximum Gasteiger partial charge on any atom is 0.308 e. The lowest BCUT2D eigenvalue weighted by molar-refractivity contribution is -0.132. The summed E-state index contributed by atoms with van der Waals surface area (Å²) in [5.41, 5.74) is 5.52. The third-order valence-electron chi connectivity index (χ3n) is 5.03. The Morgan fingerprint density at radius 3 is 2.42 bits per heavy atom. The Hall–Kier alpha value is -1.77. The highest BCUT2D eigenvalue weighted by atomic mass is 16.5. The summed E-state index contributed by atoms with van der Waals surface area (Å²) >= 11 is 0. The minimum atomic E-state index is -0.274. The topological polar surface area (TPSA) is 35.5 Å². The predicted octanol–water partition coefficient (Wildman–Crippen LogP) is 5.37. The molecule has 0 amide bonds. The third-order valence-corrected chi connectivity index (χ3v) is 5.03. The third kappa shape index (κ3) is 3.82. The fourth-order valence-corrected chi connectivity index (χ4v) is 3.42. The van der Waals surface area contributed by atoms with E-state index in [0.717, 1.165) is 48.1 Å². The van der Waals surface area contributed by atoms with Gasteiger partial charge in [0.05, 0.1) is 0 Å². The zero-order chi connectivity index (χ0) is 18.1. The molecule has 2 rings (SSSR count). The lowest BCUT2D eigenvalue weighted by Crippen LogP contribution is -2.37. The minimum absolute atomic E-state index is 0.133. The SMILES string of the molecule is CC(=O)Oc1c(C)c(C)c2c(c1C)CC[C@@](C)(CCC=C(C)C)O2. The maximum absolute atomic E-state index is 11.4. The van der Waals surface area contributed by atoms with Gasteiger partial charge in [0.25, 0.3) is 0 Å². The molecular formula is C21H30O3. The van der Waals surface area contributed by atoms with Crippen molar-refractivity contribution >= 4 is 5.97 Å². The lowest BCUT2D eigenvalue weighted by atomic mass is 9.85. The van der Waals surface area contributed by atoms with Gasteiger partial charge in [-0.15, -0.1) is 0 Å². The van der Waals surface area contributed by atoms with Crippen molar-refractivity contribution in [3.63, 3.8) is 0 Å². The highest BCUT2D eigenvalue weighted by Crippen LogP contribution is 2.44. The Bertz CT molecular complexity index is 681. The Kier molecular flexibility index (Phi) is 5.42. The van der Waals surface area contributed by atoms with E-state index in [0.29, 0.717) is 5.75 Å². The number of allylic oxidation sites excluding steroid dienone is 2. The molecule has 3 heteroatoms. The summed E-state index contributed by atoms with van der Waals surface area (Å²) in [7, 11) is 0. The van der Waals surface area contributed by atoms with E-state index in [1.54, 1.807) is 0 Å². The second-order valence-corrected chi connectivity index (χ2v) is 7.48. The van der Waals surface area contributed by atoms with E-state index in [4.69, 9.17) is 9.47 Å². The van der Waals surface area contributed by atoms with E-state index >= 15 is 0 Å². The molecule has 1 aliphatic heterocycles. The van der Waals surface area contributed by atoms with Crippen LogP contribution in [0, 0.1) is 20.8 Å². The molecular weight excluding hydrogens is 300 g/mol. The average Bonchev–Trinajstić information content (AvgIpc) is 2.48. The van der Waals surface area contributed by atoms with Crippen molar-refractivity contribution in [3.05, 3.63) is 33.9 Å². The molecule has 24 heavy (non-hydrogen) atoms. The van der Waals surface area contributed by atoms with Crippen LogP contribution in [0.5, 0.6) is 11.5 Å². The first kappa shape index (κ1) is 18.6. The molecule has 1 aromatic rings. The zero-order valence-electron chi connectivity index (χ0n) is 16.1. The molecule has 1 atom stereocenters. The normalized spacial score (nSPS) is 19.3. The summed E-state index contributed by atoms with van der Waals surface area (Å²) in [6.45, 7) is 14.0. The number of fused-ring (bicyclic) bond motifs is 1. The number of esters is 1. The smallest absolute Gasteiger partial charge is 0.308 e. The van der Waals surface area contributed by atoms with Crippen LogP contribution in [-0.2, 0) is 11.2 Å². The van der Waals surface area contributed by atoms with Crippen molar-refractivity contribution in [1.29, 1.82) is 0 Å². The van der Waals surface area contributed by atoms with E-state index in [2.05, 4.69) is 33.8 Å². The quantitative estimate of drug-likeness (QED) is 0.423.